The molecule has 1 aliphatic heterocycles. The molecule has 2 aromatic carbocycles. The van der Waals surface area contributed by atoms with Crippen LogP contribution in [0, 0.1) is 13.8 Å². The van der Waals surface area contributed by atoms with Gasteiger partial charge in [-0.25, -0.2) is 0 Å². The van der Waals surface area contributed by atoms with Crippen molar-refractivity contribution >= 4 is 23.2 Å². The van der Waals surface area contributed by atoms with Crippen LogP contribution in [0.5, 0.6) is 5.75 Å². The van der Waals surface area contributed by atoms with Crippen molar-refractivity contribution in [2.24, 2.45) is 0 Å². The van der Waals surface area contributed by atoms with Crippen molar-refractivity contribution in [3.05, 3.63) is 53.6 Å². The molecule has 1 heterocycles. The highest BCUT2D eigenvalue weighted by atomic mass is 19.4. The minimum atomic E-state index is -4.76. The van der Waals surface area contributed by atoms with Crippen LogP contribution in [-0.2, 0) is 9.59 Å². The Kier molecular flexibility index (Phi) is 7.93. The summed E-state index contributed by atoms with van der Waals surface area (Å²) in [7, 11) is 0. The Morgan fingerprint density at radius 1 is 0.818 bits per heavy atom. The second-order valence-electron chi connectivity index (χ2n) is 8.02. The van der Waals surface area contributed by atoms with Gasteiger partial charge in [0.15, 0.2) is 0 Å². The van der Waals surface area contributed by atoms with Crippen LogP contribution < -0.4 is 15.4 Å². The van der Waals surface area contributed by atoms with Crippen molar-refractivity contribution in [1.82, 2.24) is 9.80 Å². The lowest BCUT2D eigenvalue weighted by Crippen LogP contribution is -2.50. The van der Waals surface area contributed by atoms with E-state index in [-0.39, 0.29) is 30.7 Å². The number of alkyl halides is 3. The third-order valence-electron chi connectivity index (χ3n) is 5.36. The Hall–Kier alpha value is -3.11. The molecular weight excluding hydrogens is 437 g/mol. The van der Waals surface area contributed by atoms with Crippen molar-refractivity contribution in [1.29, 1.82) is 0 Å². The molecule has 0 bridgehead atoms. The summed E-state index contributed by atoms with van der Waals surface area (Å²) in [6.45, 7) is 7.00. The SMILES string of the molecule is Cc1ccc(NC(=O)CN2CCN(CC(=O)Nc3ccc(OC(F)(F)F)cc3)CC2)cc1C. The fourth-order valence-electron chi connectivity index (χ4n) is 3.47. The number of nitrogens with zero attached hydrogens (tertiary/aromatic N) is 2. The molecule has 1 saturated heterocycles. The van der Waals surface area contributed by atoms with E-state index in [9.17, 15) is 22.8 Å². The first kappa shape index (κ1) is 24.5. The van der Waals surface area contributed by atoms with Gasteiger partial charge in [0.05, 0.1) is 13.1 Å². The molecule has 0 saturated carbocycles. The van der Waals surface area contributed by atoms with E-state index in [0.29, 0.717) is 31.9 Å². The number of nitrogens with one attached hydrogen (secondary N) is 2. The number of hydrogen-bond acceptors (Lipinski definition) is 5. The van der Waals surface area contributed by atoms with Crippen LogP contribution in [0.3, 0.4) is 0 Å². The zero-order chi connectivity index (χ0) is 24.0. The monoisotopic (exact) mass is 464 g/mol. The number of aryl methyl sites for hydroxylation is 2. The number of benzene rings is 2. The van der Waals surface area contributed by atoms with Crippen molar-refractivity contribution < 1.29 is 27.5 Å². The van der Waals surface area contributed by atoms with Crippen LogP contribution >= 0.6 is 0 Å². The van der Waals surface area contributed by atoms with Gasteiger partial charge in [-0.2, -0.15) is 0 Å². The van der Waals surface area contributed by atoms with Crippen molar-refractivity contribution in [3.63, 3.8) is 0 Å². The molecule has 2 amide bonds. The van der Waals surface area contributed by atoms with Crippen LogP contribution in [-0.4, -0.2) is 67.2 Å². The molecule has 0 aromatic heterocycles. The fourth-order valence-corrected chi connectivity index (χ4v) is 3.47. The first-order valence-electron chi connectivity index (χ1n) is 10.5. The number of ether oxygens (including phenoxy) is 1. The third-order valence-corrected chi connectivity index (χ3v) is 5.36. The molecule has 7 nitrogen and oxygen atoms in total. The van der Waals surface area contributed by atoms with E-state index >= 15 is 0 Å². The van der Waals surface area contributed by atoms with Crippen LogP contribution in [0.1, 0.15) is 11.1 Å². The van der Waals surface area contributed by atoms with Crippen LogP contribution in [0.2, 0.25) is 0 Å². The van der Waals surface area contributed by atoms with Crippen LogP contribution in [0.4, 0.5) is 24.5 Å². The summed E-state index contributed by atoms with van der Waals surface area (Å²) in [6, 6.07) is 10.8. The average Bonchev–Trinajstić information content (AvgIpc) is 2.72. The minimum absolute atomic E-state index is 0.0811. The van der Waals surface area contributed by atoms with E-state index in [0.717, 1.165) is 23.4 Å². The molecule has 33 heavy (non-hydrogen) atoms. The van der Waals surface area contributed by atoms with Gasteiger partial charge in [-0.1, -0.05) is 6.07 Å². The molecule has 1 aliphatic rings. The van der Waals surface area contributed by atoms with Crippen molar-refractivity contribution in [2.75, 3.05) is 49.9 Å². The van der Waals surface area contributed by atoms with E-state index in [1.54, 1.807) is 0 Å². The highest BCUT2D eigenvalue weighted by Gasteiger charge is 2.31. The van der Waals surface area contributed by atoms with Gasteiger partial charge >= 0.3 is 6.36 Å². The maximum Gasteiger partial charge on any atom is 0.573 e. The number of hydrogen-bond donors (Lipinski definition) is 2. The molecule has 0 spiro atoms. The summed E-state index contributed by atoms with van der Waals surface area (Å²) in [5, 5.41) is 5.58. The molecule has 1 fully saturated rings. The normalized spacial score (nSPS) is 15.2. The summed E-state index contributed by atoms with van der Waals surface area (Å²) >= 11 is 0. The van der Waals surface area contributed by atoms with Gasteiger partial charge in [-0.3, -0.25) is 19.4 Å². The van der Waals surface area contributed by atoms with Gasteiger partial charge in [-0.05, 0) is 61.4 Å². The van der Waals surface area contributed by atoms with Gasteiger partial charge < -0.3 is 15.4 Å². The third kappa shape index (κ3) is 8.07. The Morgan fingerprint density at radius 3 is 1.79 bits per heavy atom. The second kappa shape index (κ2) is 10.7. The number of rotatable bonds is 7. The Balaban J connectivity index is 1.38. The number of carbonyl (C=O) groups excluding carboxylic acids is 2. The summed E-state index contributed by atoms with van der Waals surface area (Å²) in [4.78, 5) is 28.6. The molecule has 2 aromatic rings. The van der Waals surface area contributed by atoms with Gasteiger partial charge in [0.2, 0.25) is 11.8 Å². The predicted octanol–water partition coefficient (Wildman–Crippen LogP) is 3.40. The first-order chi connectivity index (χ1) is 15.6. The molecule has 178 valence electrons. The molecular formula is C23H27F3N4O3. The summed E-state index contributed by atoms with van der Waals surface area (Å²) in [6.07, 6.45) is -4.76. The molecule has 0 radical (unpaired) electrons. The van der Waals surface area contributed by atoms with E-state index in [1.165, 1.54) is 17.7 Å². The molecule has 10 heteroatoms. The summed E-state index contributed by atoms with van der Waals surface area (Å²) < 4.78 is 40.4. The standard InChI is InChI=1S/C23H27F3N4O3/c1-16-3-4-19(13-17(16)2)28-22(32)15-30-11-9-29(10-12-30)14-21(31)27-18-5-7-20(8-6-18)33-23(24,25)26/h3-8,13H,9-12,14-15H2,1-2H3,(H,27,31)(H,28,32). The van der Waals surface area contributed by atoms with E-state index in [1.807, 2.05) is 41.8 Å². The number of piperazine rings is 1. The lowest BCUT2D eigenvalue weighted by Gasteiger charge is -2.33. The maximum atomic E-state index is 12.3. The number of halogens is 3. The first-order valence-corrected chi connectivity index (χ1v) is 10.5. The van der Waals surface area contributed by atoms with Crippen molar-refractivity contribution in [3.8, 4) is 5.75 Å². The zero-order valence-electron chi connectivity index (χ0n) is 18.5. The van der Waals surface area contributed by atoms with Crippen LogP contribution in [0.15, 0.2) is 42.5 Å². The molecule has 2 N–H and O–H groups in total. The smallest absolute Gasteiger partial charge is 0.406 e. The summed E-state index contributed by atoms with van der Waals surface area (Å²) in [5.41, 5.74) is 3.44. The summed E-state index contributed by atoms with van der Waals surface area (Å²) in [5.74, 6) is -0.694. The Labute approximate surface area is 190 Å². The van der Waals surface area contributed by atoms with Crippen LogP contribution in [0.25, 0.3) is 0 Å². The average molecular weight is 464 g/mol. The highest BCUT2D eigenvalue weighted by molar-refractivity contribution is 5.93. The molecule has 0 unspecified atom stereocenters. The van der Waals surface area contributed by atoms with Gasteiger partial charge in [0.1, 0.15) is 5.75 Å². The number of carbonyl (C=O) groups is 2. The lowest BCUT2D eigenvalue weighted by atomic mass is 10.1. The van der Waals surface area contributed by atoms with E-state index < -0.39 is 6.36 Å². The fraction of sp³-hybridized carbons (Fsp3) is 0.391. The van der Waals surface area contributed by atoms with Gasteiger partial charge in [-0.15, -0.1) is 13.2 Å². The highest BCUT2D eigenvalue weighted by Crippen LogP contribution is 2.24. The molecule has 3 rings (SSSR count). The van der Waals surface area contributed by atoms with E-state index in [2.05, 4.69) is 15.4 Å². The van der Waals surface area contributed by atoms with Crippen molar-refractivity contribution in [2.45, 2.75) is 20.2 Å². The Morgan fingerprint density at radius 2 is 1.30 bits per heavy atom. The molecule has 0 atom stereocenters. The van der Waals surface area contributed by atoms with Gasteiger partial charge in [0.25, 0.3) is 0 Å². The van der Waals surface area contributed by atoms with E-state index in [4.69, 9.17) is 0 Å². The largest absolute Gasteiger partial charge is 0.573 e. The number of amides is 2. The zero-order valence-corrected chi connectivity index (χ0v) is 18.5. The predicted molar refractivity (Wildman–Crippen MR) is 119 cm³/mol. The minimum Gasteiger partial charge on any atom is -0.406 e. The number of anilines is 2. The quantitative estimate of drug-likeness (QED) is 0.657. The maximum absolute atomic E-state index is 12.3. The lowest BCUT2D eigenvalue weighted by molar-refractivity contribution is -0.274. The Bertz CT molecular complexity index is 972. The van der Waals surface area contributed by atoms with Gasteiger partial charge in [0, 0.05) is 37.6 Å². The second-order valence-corrected chi connectivity index (χ2v) is 8.02. The molecule has 0 aliphatic carbocycles. The topological polar surface area (TPSA) is 73.9 Å².